The maximum atomic E-state index is 12.8. The topological polar surface area (TPSA) is 67.0 Å². The van der Waals surface area contributed by atoms with E-state index in [1.165, 1.54) is 16.7 Å². The second-order valence-corrected chi connectivity index (χ2v) is 8.20. The second-order valence-electron chi connectivity index (χ2n) is 8.20. The van der Waals surface area contributed by atoms with Gasteiger partial charge in [0.2, 0.25) is 0 Å². The summed E-state index contributed by atoms with van der Waals surface area (Å²) < 4.78 is 5.26. The van der Waals surface area contributed by atoms with E-state index < -0.39 is 0 Å². The van der Waals surface area contributed by atoms with Gasteiger partial charge in [-0.2, -0.15) is 0 Å². The van der Waals surface area contributed by atoms with Crippen molar-refractivity contribution in [3.8, 4) is 28.3 Å². The molecule has 1 amide bonds. The minimum absolute atomic E-state index is 0.0207. The Kier molecular flexibility index (Phi) is 3.11. The monoisotopic (exact) mass is 371 g/mol. The van der Waals surface area contributed by atoms with E-state index in [0.717, 1.165) is 66.1 Å². The van der Waals surface area contributed by atoms with Crippen molar-refractivity contribution in [1.29, 1.82) is 0 Å². The predicted molar refractivity (Wildman–Crippen MR) is 107 cm³/mol. The Bertz CT molecular complexity index is 1120. The molecule has 1 aliphatic heterocycles. The van der Waals surface area contributed by atoms with Crippen molar-refractivity contribution in [3.63, 3.8) is 0 Å². The number of hydrogen-bond acceptors (Lipinski definition) is 3. The predicted octanol–water partition coefficient (Wildman–Crippen LogP) is 3.67. The van der Waals surface area contributed by atoms with E-state index in [4.69, 9.17) is 4.74 Å². The number of hydrogen-bond donors (Lipinski definition) is 2. The molecule has 0 unspecified atom stereocenters. The number of aromatic amines is 1. The highest BCUT2D eigenvalue weighted by Gasteiger charge is 2.49. The van der Waals surface area contributed by atoms with Gasteiger partial charge in [-0.3, -0.25) is 9.78 Å². The molecule has 0 radical (unpaired) electrons. The molecule has 140 valence electrons. The average Bonchev–Trinajstić information content (AvgIpc) is 3.34. The molecule has 3 heterocycles. The molecular formula is C23H21N3O2. The van der Waals surface area contributed by atoms with Crippen LogP contribution in [0.4, 0.5) is 0 Å². The molecule has 2 aromatic heterocycles. The SMILES string of the molecule is COc1ccc(-c2cc3c(cn2)CCc2c-3[nH]c3c2C(=O)NC2(CC2)C3)cc1. The number of pyridine rings is 1. The minimum atomic E-state index is 0.0207. The van der Waals surface area contributed by atoms with Crippen LogP contribution >= 0.6 is 0 Å². The van der Waals surface area contributed by atoms with Gasteiger partial charge in [-0.25, -0.2) is 0 Å². The van der Waals surface area contributed by atoms with Crippen LogP contribution in [0.2, 0.25) is 0 Å². The summed E-state index contributed by atoms with van der Waals surface area (Å²) in [5.41, 5.74) is 8.71. The quantitative estimate of drug-likeness (QED) is 0.722. The van der Waals surface area contributed by atoms with Gasteiger partial charge in [0.25, 0.3) is 5.91 Å². The number of methoxy groups -OCH3 is 1. The number of H-pyrrole nitrogens is 1. The number of nitrogens with zero attached hydrogens (tertiary/aromatic N) is 1. The second kappa shape index (κ2) is 5.47. The smallest absolute Gasteiger partial charge is 0.253 e. The van der Waals surface area contributed by atoms with Crippen molar-refractivity contribution in [2.24, 2.45) is 0 Å². The maximum absolute atomic E-state index is 12.8. The largest absolute Gasteiger partial charge is 0.497 e. The molecule has 2 aliphatic carbocycles. The van der Waals surface area contributed by atoms with E-state index in [0.29, 0.717) is 0 Å². The molecule has 1 aromatic carbocycles. The average molecular weight is 371 g/mol. The molecule has 0 saturated heterocycles. The standard InChI is InChI=1S/C23H21N3O2/c1-28-15-5-2-13(3-6-15)18-10-17-14(12-24-18)4-7-16-20-19(25-21(16)17)11-23(8-9-23)26-22(20)27/h2-3,5-6,10,12,25H,4,7-9,11H2,1H3,(H,26,27). The molecule has 1 spiro atoms. The van der Waals surface area contributed by atoms with Gasteiger partial charge in [0.15, 0.2) is 0 Å². The molecule has 0 bridgehead atoms. The molecule has 0 atom stereocenters. The van der Waals surface area contributed by atoms with E-state index in [1.54, 1.807) is 7.11 Å². The van der Waals surface area contributed by atoms with Gasteiger partial charge in [-0.05, 0) is 67.1 Å². The fourth-order valence-corrected chi connectivity index (χ4v) is 4.72. The number of rotatable bonds is 2. The number of nitrogens with one attached hydrogen (secondary N) is 2. The first kappa shape index (κ1) is 15.9. The van der Waals surface area contributed by atoms with Crippen LogP contribution in [-0.2, 0) is 19.3 Å². The van der Waals surface area contributed by atoms with Crippen molar-refractivity contribution in [2.45, 2.75) is 37.6 Å². The zero-order valence-corrected chi connectivity index (χ0v) is 15.8. The molecule has 3 aliphatic rings. The minimum Gasteiger partial charge on any atom is -0.497 e. The fourth-order valence-electron chi connectivity index (χ4n) is 4.72. The summed E-state index contributed by atoms with van der Waals surface area (Å²) in [6, 6.07) is 10.1. The molecule has 5 nitrogen and oxygen atoms in total. The summed E-state index contributed by atoms with van der Waals surface area (Å²) in [5, 5.41) is 3.25. The summed E-state index contributed by atoms with van der Waals surface area (Å²) in [6.45, 7) is 0. The summed E-state index contributed by atoms with van der Waals surface area (Å²) in [4.78, 5) is 21.1. The molecule has 3 aromatic rings. The van der Waals surface area contributed by atoms with Crippen molar-refractivity contribution in [1.82, 2.24) is 15.3 Å². The fraction of sp³-hybridized carbons (Fsp3) is 0.304. The Morgan fingerprint density at radius 1 is 1.14 bits per heavy atom. The van der Waals surface area contributed by atoms with Crippen molar-refractivity contribution >= 4 is 5.91 Å². The lowest BCUT2D eigenvalue weighted by molar-refractivity contribution is 0.0917. The third kappa shape index (κ3) is 2.25. The number of fused-ring (bicyclic) bond motifs is 5. The summed E-state index contributed by atoms with van der Waals surface area (Å²) in [7, 11) is 1.67. The first-order valence-corrected chi connectivity index (χ1v) is 9.86. The highest BCUT2D eigenvalue weighted by Crippen LogP contribution is 2.45. The Hall–Kier alpha value is -3.08. The van der Waals surface area contributed by atoms with Gasteiger partial charge in [0.05, 0.1) is 24.1 Å². The Balaban J connectivity index is 1.46. The molecule has 5 heteroatoms. The van der Waals surface area contributed by atoms with Crippen LogP contribution in [0, 0.1) is 0 Å². The molecule has 1 saturated carbocycles. The van der Waals surface area contributed by atoms with Crippen LogP contribution in [-0.4, -0.2) is 28.5 Å². The lowest BCUT2D eigenvalue weighted by atomic mass is 9.87. The first-order valence-electron chi connectivity index (χ1n) is 9.86. The van der Waals surface area contributed by atoms with Crippen molar-refractivity contribution < 1.29 is 9.53 Å². The molecular weight excluding hydrogens is 350 g/mol. The Morgan fingerprint density at radius 2 is 1.96 bits per heavy atom. The normalized spacial score (nSPS) is 18.1. The van der Waals surface area contributed by atoms with Crippen molar-refractivity contribution in [2.75, 3.05) is 7.11 Å². The first-order chi connectivity index (χ1) is 13.7. The van der Waals surface area contributed by atoms with E-state index in [9.17, 15) is 4.79 Å². The summed E-state index contributed by atoms with van der Waals surface area (Å²) >= 11 is 0. The zero-order valence-electron chi connectivity index (χ0n) is 15.8. The van der Waals surface area contributed by atoms with Gasteiger partial charge in [-0.1, -0.05) is 0 Å². The number of amides is 1. The highest BCUT2D eigenvalue weighted by molar-refractivity contribution is 6.01. The maximum Gasteiger partial charge on any atom is 0.253 e. The third-order valence-corrected chi connectivity index (χ3v) is 6.44. The number of benzene rings is 1. The molecule has 28 heavy (non-hydrogen) atoms. The molecule has 2 N–H and O–H groups in total. The van der Waals surface area contributed by atoms with Gasteiger partial charge in [0.1, 0.15) is 5.75 Å². The van der Waals surface area contributed by atoms with Crippen LogP contribution in [0.1, 0.15) is 40.0 Å². The summed E-state index contributed by atoms with van der Waals surface area (Å²) in [5.74, 6) is 0.935. The number of aryl methyl sites for hydroxylation is 1. The van der Waals surface area contributed by atoms with Crippen molar-refractivity contribution in [3.05, 3.63) is 58.9 Å². The number of carbonyl (C=O) groups excluding carboxylic acids is 1. The van der Waals surface area contributed by atoms with Gasteiger partial charge < -0.3 is 15.0 Å². The zero-order chi connectivity index (χ0) is 18.9. The van der Waals surface area contributed by atoms with Crippen LogP contribution in [0.5, 0.6) is 5.75 Å². The lowest BCUT2D eigenvalue weighted by Crippen LogP contribution is -2.43. The third-order valence-electron chi connectivity index (χ3n) is 6.44. The van der Waals surface area contributed by atoms with Crippen LogP contribution in [0.3, 0.4) is 0 Å². The Morgan fingerprint density at radius 3 is 2.71 bits per heavy atom. The molecule has 6 rings (SSSR count). The van der Waals surface area contributed by atoms with Crippen LogP contribution in [0.25, 0.3) is 22.5 Å². The van der Waals surface area contributed by atoms with E-state index >= 15 is 0 Å². The van der Waals surface area contributed by atoms with Gasteiger partial charge >= 0.3 is 0 Å². The van der Waals surface area contributed by atoms with E-state index in [-0.39, 0.29) is 11.4 Å². The van der Waals surface area contributed by atoms with Crippen LogP contribution < -0.4 is 10.1 Å². The summed E-state index contributed by atoms with van der Waals surface area (Å²) in [6.07, 6.45) is 6.89. The van der Waals surface area contributed by atoms with E-state index in [2.05, 4.69) is 21.4 Å². The number of aromatic nitrogens is 2. The van der Waals surface area contributed by atoms with E-state index in [1.807, 2.05) is 30.5 Å². The molecule has 1 fully saturated rings. The Labute approximate surface area is 163 Å². The van der Waals surface area contributed by atoms with Crippen LogP contribution in [0.15, 0.2) is 36.5 Å². The van der Waals surface area contributed by atoms with Gasteiger partial charge in [0, 0.05) is 35.0 Å². The number of carbonyl (C=O) groups is 1. The number of ether oxygens (including phenoxy) is 1. The van der Waals surface area contributed by atoms with Gasteiger partial charge in [-0.15, -0.1) is 0 Å². The lowest BCUT2D eigenvalue weighted by Gasteiger charge is -2.24. The highest BCUT2D eigenvalue weighted by atomic mass is 16.5.